The zero-order chi connectivity index (χ0) is 8.72. The maximum absolute atomic E-state index is 10.8. The van der Waals surface area contributed by atoms with Gasteiger partial charge in [-0.1, -0.05) is 0 Å². The Morgan fingerprint density at radius 2 is 2.08 bits per heavy atom. The highest BCUT2D eigenvalue weighted by Crippen LogP contribution is 1.98. The minimum absolute atomic E-state index is 0.446. The Morgan fingerprint density at radius 3 is 2.83 bits per heavy atom. The summed E-state index contributed by atoms with van der Waals surface area (Å²) in [6.45, 7) is 1.85. The molecule has 1 aromatic carbocycles. The summed E-state index contributed by atoms with van der Waals surface area (Å²) in [4.78, 5) is 18.2. The Labute approximate surface area is 68.4 Å². The molecule has 1 aromatic rings. The second kappa shape index (κ2) is 2.14. The van der Waals surface area contributed by atoms with E-state index >= 15 is 0 Å². The fourth-order valence-electron chi connectivity index (χ4n) is 1.24. The summed E-state index contributed by atoms with van der Waals surface area (Å²) in [6, 6.07) is 2.98. The SMILES string of the molecule is Cc1cc(N)cc2c1=NC(=O)N=2. The zero-order valence-corrected chi connectivity index (χ0v) is 6.53. The first-order valence-electron chi connectivity index (χ1n) is 3.54. The summed E-state index contributed by atoms with van der Waals surface area (Å²) < 4.78 is 0. The number of hydrogen-bond donors (Lipinski definition) is 1. The van der Waals surface area contributed by atoms with Crippen molar-refractivity contribution in [3.63, 3.8) is 0 Å². The van der Waals surface area contributed by atoms with E-state index in [0.29, 0.717) is 16.4 Å². The molecule has 4 nitrogen and oxygen atoms in total. The van der Waals surface area contributed by atoms with Crippen molar-refractivity contribution in [2.24, 2.45) is 9.98 Å². The van der Waals surface area contributed by atoms with Crippen molar-refractivity contribution in [2.45, 2.75) is 6.92 Å². The van der Waals surface area contributed by atoms with Crippen LogP contribution in [0.5, 0.6) is 0 Å². The minimum atomic E-state index is -0.446. The molecule has 0 saturated heterocycles. The number of carbonyl (C=O) groups is 1. The van der Waals surface area contributed by atoms with Gasteiger partial charge in [0, 0.05) is 5.69 Å². The van der Waals surface area contributed by atoms with Gasteiger partial charge >= 0.3 is 6.03 Å². The van der Waals surface area contributed by atoms with E-state index in [1.54, 1.807) is 12.1 Å². The molecule has 2 rings (SSSR count). The van der Waals surface area contributed by atoms with Crippen LogP contribution in [0.1, 0.15) is 5.56 Å². The highest BCUT2D eigenvalue weighted by Gasteiger charge is 2.06. The van der Waals surface area contributed by atoms with Crippen LogP contribution in [0.4, 0.5) is 10.5 Å². The molecule has 0 aliphatic carbocycles. The van der Waals surface area contributed by atoms with E-state index in [9.17, 15) is 4.79 Å². The molecule has 0 atom stereocenters. The molecule has 0 spiro atoms. The molecule has 4 heteroatoms. The third-order valence-corrected chi connectivity index (χ3v) is 1.73. The van der Waals surface area contributed by atoms with Crippen LogP contribution in [-0.4, -0.2) is 6.03 Å². The standard InChI is InChI=1S/C8H7N3O/c1-4-2-5(9)3-6-7(4)11-8(12)10-6/h2-3H,9H2,1H3. The summed E-state index contributed by atoms with van der Waals surface area (Å²) in [5.74, 6) is 0. The van der Waals surface area contributed by atoms with E-state index in [0.717, 1.165) is 5.56 Å². The first kappa shape index (κ1) is 6.97. The van der Waals surface area contributed by atoms with Crippen LogP contribution >= 0.6 is 0 Å². The molecule has 0 radical (unpaired) electrons. The van der Waals surface area contributed by atoms with Crippen LogP contribution in [0.3, 0.4) is 0 Å². The fraction of sp³-hybridized carbons (Fsp3) is 0.125. The van der Waals surface area contributed by atoms with Crippen molar-refractivity contribution in [3.05, 3.63) is 28.4 Å². The normalized spacial score (nSPS) is 13.6. The number of urea groups is 1. The Hall–Kier alpha value is -1.71. The highest BCUT2D eigenvalue weighted by molar-refractivity contribution is 5.77. The predicted octanol–water partition coefficient (Wildman–Crippen LogP) is -0.0500. The molecule has 1 heterocycles. The van der Waals surface area contributed by atoms with Crippen LogP contribution in [0, 0.1) is 6.92 Å². The van der Waals surface area contributed by atoms with Crippen LogP contribution in [0.15, 0.2) is 22.1 Å². The first-order valence-corrected chi connectivity index (χ1v) is 3.54. The Kier molecular flexibility index (Phi) is 1.24. The Balaban J connectivity index is 2.95. The number of hydrogen-bond acceptors (Lipinski definition) is 2. The van der Waals surface area contributed by atoms with E-state index in [2.05, 4.69) is 9.98 Å². The molecule has 1 aliphatic heterocycles. The average Bonchev–Trinajstić information content (AvgIpc) is 2.29. The van der Waals surface area contributed by atoms with Gasteiger partial charge in [0.05, 0.1) is 10.7 Å². The molecule has 1 aliphatic rings. The lowest BCUT2D eigenvalue weighted by atomic mass is 10.2. The van der Waals surface area contributed by atoms with Gasteiger partial charge in [0.15, 0.2) is 0 Å². The molecular weight excluding hydrogens is 154 g/mol. The maximum atomic E-state index is 10.8. The van der Waals surface area contributed by atoms with Gasteiger partial charge in [0.2, 0.25) is 0 Å². The number of benzene rings is 1. The van der Waals surface area contributed by atoms with Crippen LogP contribution in [-0.2, 0) is 0 Å². The quantitative estimate of drug-likeness (QED) is 0.542. The molecule has 0 fully saturated rings. The molecule has 12 heavy (non-hydrogen) atoms. The third-order valence-electron chi connectivity index (χ3n) is 1.73. The Morgan fingerprint density at radius 1 is 1.33 bits per heavy atom. The number of rotatable bonds is 0. The summed E-state index contributed by atoms with van der Waals surface area (Å²) in [7, 11) is 0. The van der Waals surface area contributed by atoms with Crippen molar-refractivity contribution in [1.29, 1.82) is 0 Å². The number of nitrogens with two attached hydrogens (primary N) is 1. The monoisotopic (exact) mass is 161 g/mol. The lowest BCUT2D eigenvalue weighted by Gasteiger charge is -1.92. The zero-order valence-electron chi connectivity index (χ0n) is 6.53. The molecule has 0 unspecified atom stereocenters. The van der Waals surface area contributed by atoms with E-state index in [4.69, 9.17) is 5.73 Å². The fourth-order valence-corrected chi connectivity index (χ4v) is 1.24. The van der Waals surface area contributed by atoms with Gasteiger partial charge in [0.1, 0.15) is 0 Å². The van der Waals surface area contributed by atoms with Crippen molar-refractivity contribution in [2.75, 3.05) is 5.73 Å². The summed E-state index contributed by atoms with van der Waals surface area (Å²) in [5.41, 5.74) is 7.06. The van der Waals surface area contributed by atoms with E-state index in [1.165, 1.54) is 0 Å². The van der Waals surface area contributed by atoms with Crippen LogP contribution in [0.25, 0.3) is 0 Å². The van der Waals surface area contributed by atoms with Crippen molar-refractivity contribution in [3.8, 4) is 0 Å². The van der Waals surface area contributed by atoms with Gasteiger partial charge in [-0.3, -0.25) is 0 Å². The van der Waals surface area contributed by atoms with Crippen molar-refractivity contribution < 1.29 is 4.79 Å². The first-order chi connectivity index (χ1) is 5.66. The van der Waals surface area contributed by atoms with Gasteiger partial charge in [-0.15, -0.1) is 0 Å². The van der Waals surface area contributed by atoms with Gasteiger partial charge in [-0.05, 0) is 24.6 Å². The highest BCUT2D eigenvalue weighted by atomic mass is 16.2. The Bertz CT molecular complexity index is 476. The lowest BCUT2D eigenvalue weighted by Crippen LogP contribution is -2.24. The molecule has 2 N–H and O–H groups in total. The van der Waals surface area contributed by atoms with Crippen molar-refractivity contribution in [1.82, 2.24) is 0 Å². The molecular formula is C8H7N3O. The summed E-state index contributed by atoms with van der Waals surface area (Å²) >= 11 is 0. The molecule has 2 amide bonds. The second-order valence-electron chi connectivity index (χ2n) is 2.71. The van der Waals surface area contributed by atoms with Gasteiger partial charge in [-0.2, -0.15) is 9.98 Å². The molecule has 0 aromatic heterocycles. The number of nitrogen functional groups attached to an aromatic ring is 1. The minimum Gasteiger partial charge on any atom is -0.399 e. The molecule has 60 valence electrons. The van der Waals surface area contributed by atoms with Crippen LogP contribution < -0.4 is 16.4 Å². The molecule has 0 saturated carbocycles. The van der Waals surface area contributed by atoms with Gasteiger partial charge in [0.25, 0.3) is 0 Å². The van der Waals surface area contributed by atoms with E-state index < -0.39 is 6.03 Å². The largest absolute Gasteiger partial charge is 0.399 e. The second-order valence-corrected chi connectivity index (χ2v) is 2.71. The molecule has 0 bridgehead atoms. The van der Waals surface area contributed by atoms with Gasteiger partial charge < -0.3 is 5.73 Å². The number of anilines is 1. The number of fused-ring (bicyclic) bond motifs is 1. The summed E-state index contributed by atoms with van der Waals surface area (Å²) in [5, 5.41) is 1.23. The smallest absolute Gasteiger partial charge is 0.368 e. The van der Waals surface area contributed by atoms with E-state index in [1.807, 2.05) is 6.92 Å². The van der Waals surface area contributed by atoms with Crippen LogP contribution in [0.2, 0.25) is 0 Å². The predicted molar refractivity (Wildman–Crippen MR) is 43.3 cm³/mol. The summed E-state index contributed by atoms with van der Waals surface area (Å²) in [6.07, 6.45) is 0. The van der Waals surface area contributed by atoms with E-state index in [-0.39, 0.29) is 0 Å². The number of aryl methyl sites for hydroxylation is 1. The third kappa shape index (κ3) is 0.887. The van der Waals surface area contributed by atoms with Crippen molar-refractivity contribution >= 4 is 11.7 Å². The number of carbonyl (C=O) groups excluding carboxylic acids is 1. The average molecular weight is 161 g/mol. The lowest BCUT2D eigenvalue weighted by molar-refractivity contribution is 0.256. The van der Waals surface area contributed by atoms with Gasteiger partial charge in [-0.25, -0.2) is 4.79 Å². The topological polar surface area (TPSA) is 67.8 Å². The number of amides is 2. The maximum Gasteiger partial charge on any atom is 0.368 e. The number of nitrogens with zero attached hydrogens (tertiary/aromatic N) is 2.